The Balaban J connectivity index is 2.01. The molecule has 5 heteroatoms. The number of amides is 1. The topological polar surface area (TPSA) is 79.5 Å². The van der Waals surface area contributed by atoms with Crippen LogP contribution in [0.2, 0.25) is 0 Å². The molecule has 1 atom stereocenters. The summed E-state index contributed by atoms with van der Waals surface area (Å²) in [6.07, 6.45) is 3.89. The summed E-state index contributed by atoms with van der Waals surface area (Å²) >= 11 is 0. The van der Waals surface area contributed by atoms with Crippen LogP contribution in [-0.2, 0) is 16.0 Å². The van der Waals surface area contributed by atoms with E-state index in [1.807, 2.05) is 37.3 Å². The number of hydrogen-bond donors (Lipinski definition) is 2. The normalized spacial score (nSPS) is 11.9. The molecule has 5 nitrogen and oxygen atoms in total. The zero-order valence-corrected chi connectivity index (χ0v) is 12.4. The molecule has 22 heavy (non-hydrogen) atoms. The molecule has 0 bridgehead atoms. The molecular formula is C17H19NO4. The number of hydrogen-bond acceptors (Lipinski definition) is 3. The third-order valence-corrected chi connectivity index (χ3v) is 3.50. The number of carboxylic acids is 1. The number of aryl methyl sites for hydroxylation is 2. The SMILES string of the molecule is Cc1ccccc1C(CC(=O)O)NC(=O)CCc1ccoc1. The molecule has 0 aliphatic carbocycles. The monoisotopic (exact) mass is 301 g/mol. The fraction of sp³-hybridized carbons (Fsp3) is 0.294. The number of carbonyl (C=O) groups excluding carboxylic acids is 1. The van der Waals surface area contributed by atoms with Gasteiger partial charge in [0.15, 0.2) is 0 Å². The summed E-state index contributed by atoms with van der Waals surface area (Å²) in [4.78, 5) is 23.1. The Morgan fingerprint density at radius 1 is 1.27 bits per heavy atom. The lowest BCUT2D eigenvalue weighted by Gasteiger charge is -2.19. The van der Waals surface area contributed by atoms with Gasteiger partial charge in [-0.2, -0.15) is 0 Å². The van der Waals surface area contributed by atoms with Crippen molar-refractivity contribution in [3.8, 4) is 0 Å². The smallest absolute Gasteiger partial charge is 0.305 e. The lowest BCUT2D eigenvalue weighted by Crippen LogP contribution is -2.30. The van der Waals surface area contributed by atoms with Crippen LogP contribution in [0.1, 0.15) is 35.6 Å². The first-order chi connectivity index (χ1) is 10.6. The summed E-state index contributed by atoms with van der Waals surface area (Å²) in [5.74, 6) is -1.11. The van der Waals surface area contributed by atoms with E-state index >= 15 is 0 Å². The lowest BCUT2D eigenvalue weighted by atomic mass is 9.98. The molecule has 2 aromatic rings. The maximum atomic E-state index is 12.1. The summed E-state index contributed by atoms with van der Waals surface area (Å²) in [6, 6.07) is 8.77. The van der Waals surface area contributed by atoms with Gasteiger partial charge in [0.05, 0.1) is 25.0 Å². The Morgan fingerprint density at radius 2 is 2.05 bits per heavy atom. The highest BCUT2D eigenvalue weighted by Gasteiger charge is 2.19. The summed E-state index contributed by atoms with van der Waals surface area (Å²) in [5.41, 5.74) is 2.74. The highest BCUT2D eigenvalue weighted by Crippen LogP contribution is 2.21. The van der Waals surface area contributed by atoms with Crippen LogP contribution in [0.3, 0.4) is 0 Å². The van der Waals surface area contributed by atoms with Gasteiger partial charge < -0.3 is 14.8 Å². The maximum Gasteiger partial charge on any atom is 0.305 e. The van der Waals surface area contributed by atoms with Gasteiger partial charge in [-0.25, -0.2) is 0 Å². The van der Waals surface area contributed by atoms with E-state index in [9.17, 15) is 9.59 Å². The van der Waals surface area contributed by atoms with Gasteiger partial charge >= 0.3 is 5.97 Å². The molecule has 0 aliphatic heterocycles. The predicted octanol–water partition coefficient (Wildman–Crippen LogP) is 2.85. The molecule has 1 aromatic carbocycles. The Kier molecular flexibility index (Phi) is 5.36. The van der Waals surface area contributed by atoms with Crippen LogP contribution in [0.15, 0.2) is 47.3 Å². The van der Waals surface area contributed by atoms with E-state index in [1.54, 1.807) is 12.5 Å². The molecule has 2 N–H and O–H groups in total. The minimum Gasteiger partial charge on any atom is -0.481 e. The van der Waals surface area contributed by atoms with E-state index in [4.69, 9.17) is 9.52 Å². The van der Waals surface area contributed by atoms with Gasteiger partial charge in [0, 0.05) is 6.42 Å². The highest BCUT2D eigenvalue weighted by atomic mass is 16.4. The molecule has 116 valence electrons. The molecule has 0 spiro atoms. The van der Waals surface area contributed by atoms with Crippen LogP contribution in [-0.4, -0.2) is 17.0 Å². The van der Waals surface area contributed by atoms with Crippen molar-refractivity contribution in [3.05, 3.63) is 59.5 Å². The van der Waals surface area contributed by atoms with E-state index < -0.39 is 12.0 Å². The molecule has 2 rings (SSSR count). The maximum absolute atomic E-state index is 12.1. The van der Waals surface area contributed by atoms with E-state index in [1.165, 1.54) is 0 Å². The molecule has 0 saturated heterocycles. The summed E-state index contributed by atoms with van der Waals surface area (Å²) in [5, 5.41) is 11.9. The number of aliphatic carboxylic acids is 1. The summed E-state index contributed by atoms with van der Waals surface area (Å²) in [6.45, 7) is 1.90. The fourth-order valence-electron chi connectivity index (χ4n) is 2.35. The van der Waals surface area contributed by atoms with Gasteiger partial charge in [-0.15, -0.1) is 0 Å². The first-order valence-electron chi connectivity index (χ1n) is 7.14. The first-order valence-corrected chi connectivity index (χ1v) is 7.14. The van der Waals surface area contributed by atoms with E-state index in [-0.39, 0.29) is 12.3 Å². The van der Waals surface area contributed by atoms with Crippen molar-refractivity contribution in [1.29, 1.82) is 0 Å². The van der Waals surface area contributed by atoms with Gasteiger partial charge in [0.1, 0.15) is 0 Å². The van der Waals surface area contributed by atoms with Gasteiger partial charge in [-0.3, -0.25) is 9.59 Å². The number of carbonyl (C=O) groups is 2. The van der Waals surface area contributed by atoms with Gasteiger partial charge in [-0.05, 0) is 36.1 Å². The van der Waals surface area contributed by atoms with Crippen molar-refractivity contribution in [2.24, 2.45) is 0 Å². The third-order valence-electron chi connectivity index (χ3n) is 3.50. The minimum absolute atomic E-state index is 0.137. The fourth-order valence-corrected chi connectivity index (χ4v) is 2.35. The predicted molar refractivity (Wildman–Crippen MR) is 81.3 cm³/mol. The van der Waals surface area contributed by atoms with Crippen LogP contribution >= 0.6 is 0 Å². The summed E-state index contributed by atoms with van der Waals surface area (Å²) in [7, 11) is 0. The second-order valence-electron chi connectivity index (χ2n) is 5.21. The zero-order chi connectivity index (χ0) is 15.9. The van der Waals surface area contributed by atoms with E-state index in [2.05, 4.69) is 5.32 Å². The summed E-state index contributed by atoms with van der Waals surface area (Å²) < 4.78 is 4.96. The lowest BCUT2D eigenvalue weighted by molar-refractivity contribution is -0.137. The second-order valence-corrected chi connectivity index (χ2v) is 5.21. The molecule has 1 unspecified atom stereocenters. The Morgan fingerprint density at radius 3 is 2.68 bits per heavy atom. The largest absolute Gasteiger partial charge is 0.481 e. The third kappa shape index (κ3) is 4.48. The number of rotatable bonds is 7. The Labute approximate surface area is 129 Å². The van der Waals surface area contributed by atoms with E-state index in [0.717, 1.165) is 16.7 Å². The van der Waals surface area contributed by atoms with Crippen LogP contribution in [0.5, 0.6) is 0 Å². The molecule has 0 radical (unpaired) electrons. The number of nitrogens with one attached hydrogen (secondary N) is 1. The molecule has 1 aromatic heterocycles. The Hall–Kier alpha value is -2.56. The van der Waals surface area contributed by atoms with Gasteiger partial charge in [0.25, 0.3) is 0 Å². The van der Waals surface area contributed by atoms with Crippen molar-refractivity contribution in [3.63, 3.8) is 0 Å². The molecule has 0 fully saturated rings. The van der Waals surface area contributed by atoms with Gasteiger partial charge in [-0.1, -0.05) is 24.3 Å². The second kappa shape index (κ2) is 7.45. The quantitative estimate of drug-likeness (QED) is 0.824. The van der Waals surface area contributed by atoms with Crippen molar-refractivity contribution in [2.45, 2.75) is 32.2 Å². The van der Waals surface area contributed by atoms with Crippen molar-refractivity contribution >= 4 is 11.9 Å². The zero-order valence-electron chi connectivity index (χ0n) is 12.4. The molecule has 0 saturated carbocycles. The molecule has 1 amide bonds. The van der Waals surface area contributed by atoms with Crippen LogP contribution in [0, 0.1) is 6.92 Å². The number of carboxylic acid groups (broad SMARTS) is 1. The van der Waals surface area contributed by atoms with Crippen LogP contribution in [0.4, 0.5) is 0 Å². The molecule has 1 heterocycles. The Bertz CT molecular complexity index is 634. The van der Waals surface area contributed by atoms with E-state index in [0.29, 0.717) is 12.8 Å². The average Bonchev–Trinajstić information content (AvgIpc) is 2.98. The molecule has 0 aliphatic rings. The van der Waals surface area contributed by atoms with Gasteiger partial charge in [0.2, 0.25) is 5.91 Å². The first kappa shape index (κ1) is 15.8. The number of furan rings is 1. The van der Waals surface area contributed by atoms with Crippen molar-refractivity contribution < 1.29 is 19.1 Å². The minimum atomic E-state index is -0.941. The van der Waals surface area contributed by atoms with Crippen LogP contribution in [0.25, 0.3) is 0 Å². The van der Waals surface area contributed by atoms with Crippen molar-refractivity contribution in [2.75, 3.05) is 0 Å². The number of benzene rings is 1. The molecular weight excluding hydrogens is 282 g/mol. The van der Waals surface area contributed by atoms with Crippen molar-refractivity contribution in [1.82, 2.24) is 5.32 Å². The standard InChI is InChI=1S/C17H19NO4/c1-12-4-2-3-5-14(12)15(10-17(20)21)18-16(19)7-6-13-8-9-22-11-13/h2-5,8-9,11,15H,6-7,10H2,1H3,(H,18,19)(H,20,21). The highest BCUT2D eigenvalue weighted by molar-refractivity contribution is 5.78. The average molecular weight is 301 g/mol. The van der Waals surface area contributed by atoms with Crippen LogP contribution < -0.4 is 5.32 Å².